The minimum Gasteiger partial charge on any atom is -0.478 e. The minimum atomic E-state index is -0.945. The van der Waals surface area contributed by atoms with Crippen molar-refractivity contribution in [2.75, 3.05) is 11.9 Å². The van der Waals surface area contributed by atoms with Crippen LogP contribution in [0.25, 0.3) is 12.2 Å². The van der Waals surface area contributed by atoms with Crippen molar-refractivity contribution in [1.29, 1.82) is 0 Å². The monoisotopic (exact) mass is 478 g/mol. The maximum absolute atomic E-state index is 12.8. The second kappa shape index (κ2) is 12.2. The molecule has 1 amide bonds. The van der Waals surface area contributed by atoms with E-state index in [1.165, 1.54) is 0 Å². The number of benzene rings is 2. The highest BCUT2D eigenvalue weighted by Crippen LogP contribution is 2.14. The van der Waals surface area contributed by atoms with Crippen LogP contribution < -0.4 is 5.32 Å². The van der Waals surface area contributed by atoms with E-state index in [9.17, 15) is 9.59 Å². The van der Waals surface area contributed by atoms with Crippen molar-refractivity contribution in [3.8, 4) is 0 Å². The molecular weight excluding hydrogens is 452 g/mol. The molecule has 2 aromatic heterocycles. The van der Waals surface area contributed by atoms with Crippen molar-refractivity contribution in [3.63, 3.8) is 0 Å². The van der Waals surface area contributed by atoms with E-state index >= 15 is 0 Å². The molecule has 180 valence electrons. The molecule has 36 heavy (non-hydrogen) atoms. The second-order valence-electron chi connectivity index (χ2n) is 8.22. The van der Waals surface area contributed by atoms with Crippen molar-refractivity contribution in [3.05, 3.63) is 125 Å². The highest BCUT2D eigenvalue weighted by atomic mass is 16.4. The average Bonchev–Trinajstić information content (AvgIpc) is 2.89. The lowest BCUT2D eigenvalue weighted by molar-refractivity contribution is -0.117. The van der Waals surface area contributed by atoms with Crippen LogP contribution in [0.15, 0.2) is 97.3 Å². The number of carboxylic acids is 1. The van der Waals surface area contributed by atoms with Gasteiger partial charge in [0.05, 0.1) is 23.5 Å². The number of hydrogen-bond donors (Lipinski definition) is 2. The number of carbonyl (C=O) groups excluding carboxylic acids is 1. The number of aromatic nitrogens is 2. The van der Waals surface area contributed by atoms with E-state index in [1.54, 1.807) is 36.7 Å². The van der Waals surface area contributed by atoms with Gasteiger partial charge in [0, 0.05) is 31.2 Å². The highest BCUT2D eigenvalue weighted by molar-refractivity contribution is 5.92. The molecule has 2 aromatic carbocycles. The van der Waals surface area contributed by atoms with Gasteiger partial charge in [-0.2, -0.15) is 0 Å². The first kappa shape index (κ1) is 24.5. The fourth-order valence-corrected chi connectivity index (χ4v) is 3.62. The van der Waals surface area contributed by atoms with Crippen molar-refractivity contribution in [2.45, 2.75) is 13.1 Å². The van der Waals surface area contributed by atoms with Gasteiger partial charge in [0.2, 0.25) is 5.91 Å². The maximum atomic E-state index is 12.8. The van der Waals surface area contributed by atoms with E-state index in [2.05, 4.69) is 15.3 Å². The van der Waals surface area contributed by atoms with E-state index in [0.29, 0.717) is 18.8 Å². The first-order valence-corrected chi connectivity index (χ1v) is 11.5. The third-order valence-corrected chi connectivity index (χ3v) is 5.41. The molecule has 0 atom stereocenters. The van der Waals surface area contributed by atoms with Crippen LogP contribution in [-0.4, -0.2) is 38.4 Å². The number of aromatic carboxylic acids is 1. The SMILES string of the molecule is O=C(CN(Cc1ccccn1)Cc1ccccn1)Nc1ccc(C=Cc2ccc(C(=O)O)cc2)cc1. The molecule has 0 radical (unpaired) electrons. The summed E-state index contributed by atoms with van der Waals surface area (Å²) in [6, 6.07) is 25.7. The van der Waals surface area contributed by atoms with Gasteiger partial charge < -0.3 is 10.4 Å². The van der Waals surface area contributed by atoms with Gasteiger partial charge >= 0.3 is 5.97 Å². The summed E-state index contributed by atoms with van der Waals surface area (Å²) in [5.41, 5.74) is 4.59. The summed E-state index contributed by atoms with van der Waals surface area (Å²) in [5, 5.41) is 12.0. The Morgan fingerprint density at radius 3 is 1.75 bits per heavy atom. The Balaban J connectivity index is 1.36. The Labute approximate surface area is 209 Å². The van der Waals surface area contributed by atoms with Crippen molar-refractivity contribution in [2.24, 2.45) is 0 Å². The van der Waals surface area contributed by atoms with E-state index < -0.39 is 5.97 Å². The second-order valence-corrected chi connectivity index (χ2v) is 8.22. The number of carboxylic acid groups (broad SMARTS) is 1. The largest absolute Gasteiger partial charge is 0.478 e. The van der Waals surface area contributed by atoms with Gasteiger partial charge in [-0.1, -0.05) is 48.6 Å². The molecule has 2 heterocycles. The van der Waals surface area contributed by atoms with Gasteiger partial charge in [-0.3, -0.25) is 19.7 Å². The summed E-state index contributed by atoms with van der Waals surface area (Å²) in [5.74, 6) is -1.07. The van der Waals surface area contributed by atoms with Crippen LogP contribution in [-0.2, 0) is 17.9 Å². The Kier molecular flexibility index (Phi) is 8.30. The highest BCUT2D eigenvalue weighted by Gasteiger charge is 2.14. The Bertz CT molecular complexity index is 1270. The summed E-state index contributed by atoms with van der Waals surface area (Å²) >= 11 is 0. The average molecular weight is 479 g/mol. The van der Waals surface area contributed by atoms with Crippen LogP contribution in [0.3, 0.4) is 0 Å². The van der Waals surface area contributed by atoms with Gasteiger partial charge in [-0.15, -0.1) is 0 Å². The zero-order chi connectivity index (χ0) is 25.2. The smallest absolute Gasteiger partial charge is 0.335 e. The van der Waals surface area contributed by atoms with Gasteiger partial charge in [0.15, 0.2) is 0 Å². The molecule has 0 saturated carbocycles. The van der Waals surface area contributed by atoms with Crippen LogP contribution in [0.4, 0.5) is 5.69 Å². The summed E-state index contributed by atoms with van der Waals surface area (Å²) in [6.07, 6.45) is 7.33. The molecule has 0 aliphatic carbocycles. The maximum Gasteiger partial charge on any atom is 0.335 e. The molecule has 0 unspecified atom stereocenters. The molecule has 2 N–H and O–H groups in total. The minimum absolute atomic E-state index is 0.122. The molecule has 4 rings (SSSR count). The zero-order valence-corrected chi connectivity index (χ0v) is 19.6. The normalized spacial score (nSPS) is 11.0. The molecule has 0 bridgehead atoms. The lowest BCUT2D eigenvalue weighted by Gasteiger charge is -2.21. The molecule has 0 fully saturated rings. The van der Waals surface area contributed by atoms with Gasteiger partial charge in [0.25, 0.3) is 0 Å². The molecule has 4 aromatic rings. The third-order valence-electron chi connectivity index (χ3n) is 5.41. The number of pyridine rings is 2. The molecule has 0 spiro atoms. The predicted octanol–water partition coefficient (Wildman–Crippen LogP) is 4.99. The topological polar surface area (TPSA) is 95.4 Å². The lowest BCUT2D eigenvalue weighted by atomic mass is 10.1. The lowest BCUT2D eigenvalue weighted by Crippen LogP contribution is -2.33. The first-order valence-electron chi connectivity index (χ1n) is 11.5. The number of rotatable bonds is 10. The molecule has 0 aliphatic rings. The number of anilines is 1. The Morgan fingerprint density at radius 2 is 1.28 bits per heavy atom. The number of amides is 1. The fourth-order valence-electron chi connectivity index (χ4n) is 3.62. The quantitative estimate of drug-likeness (QED) is 0.312. The van der Waals surface area contributed by atoms with Gasteiger partial charge in [0.1, 0.15) is 0 Å². The van der Waals surface area contributed by atoms with Crippen LogP contribution >= 0.6 is 0 Å². The fraction of sp³-hybridized carbons (Fsp3) is 0.103. The van der Waals surface area contributed by atoms with Crippen LogP contribution in [0.2, 0.25) is 0 Å². The molecule has 7 heteroatoms. The Hall–Kier alpha value is -4.62. The van der Waals surface area contributed by atoms with Crippen LogP contribution in [0.1, 0.15) is 32.9 Å². The third kappa shape index (κ3) is 7.44. The predicted molar refractivity (Wildman–Crippen MR) is 140 cm³/mol. The zero-order valence-electron chi connectivity index (χ0n) is 19.6. The number of nitrogens with zero attached hydrogens (tertiary/aromatic N) is 3. The van der Waals surface area contributed by atoms with Crippen molar-refractivity contribution >= 4 is 29.7 Å². The molecule has 7 nitrogen and oxygen atoms in total. The molecular formula is C29H26N4O3. The van der Waals surface area contributed by atoms with Crippen LogP contribution in [0, 0.1) is 0 Å². The van der Waals surface area contributed by atoms with E-state index in [0.717, 1.165) is 22.5 Å². The van der Waals surface area contributed by atoms with Crippen molar-refractivity contribution in [1.82, 2.24) is 14.9 Å². The summed E-state index contributed by atoms with van der Waals surface area (Å²) < 4.78 is 0. The Morgan fingerprint density at radius 1 is 0.750 bits per heavy atom. The molecule has 0 aliphatic heterocycles. The molecule has 0 saturated heterocycles. The number of nitrogens with one attached hydrogen (secondary N) is 1. The van der Waals surface area contributed by atoms with Crippen LogP contribution in [0.5, 0.6) is 0 Å². The number of hydrogen-bond acceptors (Lipinski definition) is 5. The van der Waals surface area contributed by atoms with E-state index in [-0.39, 0.29) is 18.0 Å². The first-order chi connectivity index (χ1) is 17.5. The summed E-state index contributed by atoms with van der Waals surface area (Å²) in [4.78, 5) is 34.6. The van der Waals surface area contributed by atoms with Gasteiger partial charge in [-0.05, 0) is 59.7 Å². The van der Waals surface area contributed by atoms with E-state index in [1.807, 2.05) is 77.7 Å². The summed E-state index contributed by atoms with van der Waals surface area (Å²) in [6.45, 7) is 1.26. The standard InChI is InChI=1S/C29H26N4O3/c34-28(21-33(19-26-5-1-3-17-30-26)20-27-6-2-4-18-31-27)32-25-15-11-23(12-16-25)8-7-22-9-13-24(14-10-22)29(35)36/h1-18H,19-21H2,(H,32,34)(H,35,36). The van der Waals surface area contributed by atoms with Gasteiger partial charge in [-0.25, -0.2) is 4.79 Å². The summed E-state index contributed by atoms with van der Waals surface area (Å²) in [7, 11) is 0. The van der Waals surface area contributed by atoms with E-state index in [4.69, 9.17) is 5.11 Å². The van der Waals surface area contributed by atoms with Crippen molar-refractivity contribution < 1.29 is 14.7 Å². The number of carbonyl (C=O) groups is 2.